The van der Waals surface area contributed by atoms with Gasteiger partial charge in [0.05, 0.1) is 0 Å². The summed E-state index contributed by atoms with van der Waals surface area (Å²) in [6.07, 6.45) is 8.10. The second-order valence-corrected chi connectivity index (χ2v) is 3.86. The standard InChI is InChI=1S/C14H18N2O/c1-2-3-4-5-9-14(17)16-13-8-6-7-12(10-13)11-15/h1,6-8,10H,3-5,9,11,15H2,(H,16,17). The molecule has 17 heavy (non-hydrogen) atoms. The number of rotatable bonds is 6. The summed E-state index contributed by atoms with van der Waals surface area (Å²) in [5.41, 5.74) is 7.34. The fraction of sp³-hybridized carbons (Fsp3) is 0.357. The number of anilines is 1. The van der Waals surface area contributed by atoms with Crippen LogP contribution in [-0.2, 0) is 11.3 Å². The van der Waals surface area contributed by atoms with Crippen molar-refractivity contribution in [3.05, 3.63) is 29.8 Å². The molecular weight excluding hydrogens is 212 g/mol. The number of terminal acetylenes is 1. The Morgan fingerprint density at radius 1 is 1.41 bits per heavy atom. The van der Waals surface area contributed by atoms with Crippen LogP contribution in [0.3, 0.4) is 0 Å². The summed E-state index contributed by atoms with van der Waals surface area (Å²) in [5.74, 6) is 2.58. The SMILES string of the molecule is C#CCCCCC(=O)Nc1cccc(CN)c1. The Labute approximate surface area is 102 Å². The third kappa shape index (κ3) is 5.19. The zero-order chi connectivity index (χ0) is 12.5. The van der Waals surface area contributed by atoms with Gasteiger partial charge in [0.2, 0.25) is 5.91 Å². The van der Waals surface area contributed by atoms with Gasteiger partial charge in [-0.15, -0.1) is 12.3 Å². The monoisotopic (exact) mass is 230 g/mol. The summed E-state index contributed by atoms with van der Waals surface area (Å²) in [7, 11) is 0. The van der Waals surface area contributed by atoms with Crippen molar-refractivity contribution in [2.45, 2.75) is 32.2 Å². The third-order valence-corrected chi connectivity index (χ3v) is 2.42. The summed E-state index contributed by atoms with van der Waals surface area (Å²) in [6, 6.07) is 7.57. The summed E-state index contributed by atoms with van der Waals surface area (Å²) < 4.78 is 0. The first kappa shape index (κ1) is 13.3. The van der Waals surface area contributed by atoms with E-state index in [1.54, 1.807) is 0 Å². The fourth-order valence-corrected chi connectivity index (χ4v) is 1.51. The highest BCUT2D eigenvalue weighted by Crippen LogP contribution is 2.11. The average molecular weight is 230 g/mol. The van der Waals surface area contributed by atoms with Crippen LogP contribution in [-0.4, -0.2) is 5.91 Å². The van der Waals surface area contributed by atoms with Crippen LogP contribution in [0.4, 0.5) is 5.69 Å². The number of carbonyl (C=O) groups is 1. The maximum Gasteiger partial charge on any atom is 0.224 e. The van der Waals surface area contributed by atoms with Crippen LogP contribution in [0, 0.1) is 12.3 Å². The van der Waals surface area contributed by atoms with Crippen LogP contribution >= 0.6 is 0 Å². The third-order valence-electron chi connectivity index (χ3n) is 2.42. The largest absolute Gasteiger partial charge is 0.326 e. The van der Waals surface area contributed by atoms with E-state index in [4.69, 9.17) is 12.2 Å². The molecule has 0 radical (unpaired) electrons. The Morgan fingerprint density at radius 2 is 2.24 bits per heavy atom. The van der Waals surface area contributed by atoms with E-state index in [1.165, 1.54) is 0 Å². The molecule has 0 bridgehead atoms. The maximum absolute atomic E-state index is 11.6. The Hall–Kier alpha value is -1.79. The first-order chi connectivity index (χ1) is 8.26. The summed E-state index contributed by atoms with van der Waals surface area (Å²) in [5, 5.41) is 2.85. The van der Waals surface area contributed by atoms with Gasteiger partial charge < -0.3 is 11.1 Å². The van der Waals surface area contributed by atoms with Crippen LogP contribution in [0.15, 0.2) is 24.3 Å². The van der Waals surface area contributed by atoms with Gasteiger partial charge in [0.25, 0.3) is 0 Å². The van der Waals surface area contributed by atoms with Crippen molar-refractivity contribution in [3.63, 3.8) is 0 Å². The first-order valence-corrected chi connectivity index (χ1v) is 5.78. The van der Waals surface area contributed by atoms with Crippen molar-refractivity contribution in [1.82, 2.24) is 0 Å². The first-order valence-electron chi connectivity index (χ1n) is 5.78. The number of benzene rings is 1. The zero-order valence-corrected chi connectivity index (χ0v) is 9.91. The summed E-state index contributed by atoms with van der Waals surface area (Å²) in [6.45, 7) is 0.478. The molecule has 0 heterocycles. The Morgan fingerprint density at radius 3 is 2.94 bits per heavy atom. The molecule has 0 atom stereocenters. The molecule has 3 heteroatoms. The molecule has 1 aromatic carbocycles. The number of hydrogen-bond donors (Lipinski definition) is 2. The molecule has 0 aromatic heterocycles. The van der Waals surface area contributed by atoms with Crippen LogP contribution in [0.25, 0.3) is 0 Å². The van der Waals surface area contributed by atoms with Crippen molar-refractivity contribution in [3.8, 4) is 12.3 Å². The lowest BCUT2D eigenvalue weighted by Crippen LogP contribution is -2.11. The molecule has 0 fully saturated rings. The number of unbranched alkanes of at least 4 members (excludes halogenated alkanes) is 2. The fourth-order valence-electron chi connectivity index (χ4n) is 1.51. The second-order valence-electron chi connectivity index (χ2n) is 3.86. The number of amides is 1. The minimum atomic E-state index is 0.0243. The quantitative estimate of drug-likeness (QED) is 0.582. The number of nitrogens with one attached hydrogen (secondary N) is 1. The van der Waals surface area contributed by atoms with Gasteiger partial charge in [-0.2, -0.15) is 0 Å². The van der Waals surface area contributed by atoms with Crippen molar-refractivity contribution >= 4 is 11.6 Å². The molecular formula is C14H18N2O. The molecule has 0 unspecified atom stereocenters. The predicted molar refractivity (Wildman–Crippen MR) is 70.3 cm³/mol. The van der Waals surface area contributed by atoms with Crippen molar-refractivity contribution < 1.29 is 4.79 Å². The smallest absolute Gasteiger partial charge is 0.224 e. The van der Waals surface area contributed by atoms with E-state index in [-0.39, 0.29) is 5.91 Å². The van der Waals surface area contributed by atoms with E-state index in [0.717, 1.165) is 30.5 Å². The molecule has 1 aromatic rings. The van der Waals surface area contributed by atoms with Crippen LogP contribution in [0.1, 0.15) is 31.2 Å². The highest BCUT2D eigenvalue weighted by molar-refractivity contribution is 5.90. The normalized spacial score (nSPS) is 9.65. The topological polar surface area (TPSA) is 55.1 Å². The van der Waals surface area contributed by atoms with Gasteiger partial charge in [-0.1, -0.05) is 12.1 Å². The van der Waals surface area contributed by atoms with Crippen LogP contribution in [0.5, 0.6) is 0 Å². The van der Waals surface area contributed by atoms with Gasteiger partial charge in [0.15, 0.2) is 0 Å². The van der Waals surface area contributed by atoms with Gasteiger partial charge in [0, 0.05) is 25.1 Å². The van der Waals surface area contributed by atoms with Gasteiger partial charge in [-0.05, 0) is 30.5 Å². The number of carbonyl (C=O) groups excluding carboxylic acids is 1. The molecule has 0 spiro atoms. The van der Waals surface area contributed by atoms with E-state index in [1.807, 2.05) is 24.3 Å². The summed E-state index contributed by atoms with van der Waals surface area (Å²) in [4.78, 5) is 11.6. The lowest BCUT2D eigenvalue weighted by molar-refractivity contribution is -0.116. The molecule has 90 valence electrons. The highest BCUT2D eigenvalue weighted by Gasteiger charge is 2.02. The minimum Gasteiger partial charge on any atom is -0.326 e. The number of hydrogen-bond acceptors (Lipinski definition) is 2. The molecule has 0 saturated carbocycles. The van der Waals surface area contributed by atoms with E-state index in [9.17, 15) is 4.79 Å². The van der Waals surface area contributed by atoms with E-state index >= 15 is 0 Å². The van der Waals surface area contributed by atoms with Gasteiger partial charge in [-0.25, -0.2) is 0 Å². The molecule has 3 N–H and O–H groups in total. The van der Waals surface area contributed by atoms with Gasteiger partial charge in [0.1, 0.15) is 0 Å². The molecule has 0 saturated heterocycles. The van der Waals surface area contributed by atoms with Gasteiger partial charge in [-0.3, -0.25) is 4.79 Å². The average Bonchev–Trinajstić information content (AvgIpc) is 2.35. The van der Waals surface area contributed by atoms with E-state index in [0.29, 0.717) is 13.0 Å². The summed E-state index contributed by atoms with van der Waals surface area (Å²) >= 11 is 0. The lowest BCUT2D eigenvalue weighted by atomic mass is 10.1. The maximum atomic E-state index is 11.6. The minimum absolute atomic E-state index is 0.0243. The Kier molecular flexibility index (Phi) is 5.84. The van der Waals surface area contributed by atoms with Crippen molar-refractivity contribution in [2.75, 3.05) is 5.32 Å². The van der Waals surface area contributed by atoms with Crippen LogP contribution in [0.2, 0.25) is 0 Å². The molecule has 3 nitrogen and oxygen atoms in total. The zero-order valence-electron chi connectivity index (χ0n) is 9.91. The van der Waals surface area contributed by atoms with Crippen LogP contribution < -0.4 is 11.1 Å². The molecule has 0 aliphatic heterocycles. The van der Waals surface area contributed by atoms with E-state index < -0.39 is 0 Å². The Bertz CT molecular complexity index is 407. The van der Waals surface area contributed by atoms with Crippen molar-refractivity contribution in [2.24, 2.45) is 5.73 Å². The lowest BCUT2D eigenvalue weighted by Gasteiger charge is -2.06. The molecule has 0 aliphatic rings. The molecule has 1 rings (SSSR count). The van der Waals surface area contributed by atoms with E-state index in [2.05, 4.69) is 11.2 Å². The molecule has 0 aliphatic carbocycles. The van der Waals surface area contributed by atoms with Crippen molar-refractivity contribution in [1.29, 1.82) is 0 Å². The van der Waals surface area contributed by atoms with Gasteiger partial charge >= 0.3 is 0 Å². The predicted octanol–water partition coefficient (Wildman–Crippen LogP) is 2.28. The molecule has 1 amide bonds. The number of nitrogens with two attached hydrogens (primary N) is 1. The highest BCUT2D eigenvalue weighted by atomic mass is 16.1. The Balaban J connectivity index is 2.37. The second kappa shape index (κ2) is 7.48.